The Hall–Kier alpha value is 0.398. The van der Waals surface area contributed by atoms with Crippen molar-refractivity contribution >= 4 is 61.6 Å². The highest BCUT2D eigenvalue weighted by molar-refractivity contribution is 6.63. The SMILES string of the molecule is CCO[Si](CCCN(C)C)(OCC)OCC.CCO[Si](CCCN)(OCC)OCC.CCO[Si](CCN(C)C)(OCC)OCC.CCO[Si](CCN)(OCC)OCC.CO[Si](CCCN(C)C)(OC)OC.CO[Si](CCCN)(OC)OC.CO[Si](CCN)(OC)OC. The summed E-state index contributed by atoms with van der Waals surface area (Å²) in [6, 6.07) is 5.59. The van der Waals surface area contributed by atoms with E-state index >= 15 is 0 Å². The fourth-order valence-electron chi connectivity index (χ4n) is 8.25. The van der Waals surface area contributed by atoms with Gasteiger partial charge in [0.15, 0.2) is 0 Å². The molecule has 566 valence electrons. The minimum absolute atomic E-state index is 0.530. The topological polar surface area (TPSA) is 308 Å². The molecule has 0 fully saturated rings. The summed E-state index contributed by atoms with van der Waals surface area (Å²) in [6.45, 7) is 36.7. The lowest BCUT2D eigenvalue weighted by atomic mass is 10.5. The van der Waals surface area contributed by atoms with E-state index in [0.29, 0.717) is 118 Å². The fraction of sp³-hybridized carbons (Fsp3) is 1.00. The standard InChI is InChI=1S/C11H27NO3Si.C10H25NO3Si.C9H23NO3Si.2C8H21NO3Si.C6H17NO3Si.C5H15NO3Si/c1-6-13-16(14-7-2,15-8-3)11-9-10-12(4)5;1-6-12-15(13-7-2,14-8-3)10-9-11(4)5;1-4-11-14(12-5-2,13-6-3)9-7-8-10;1-9(2)7-6-8-13(10-3,11-4)12-5;1-4-10-13(8-7-9,11-5-2)12-6-3;1-8-11(9-2,10-3)6-4-5-7;1-7-10(8-2,9-3)5-4-6/h6-11H2,1-5H3;6-10H2,1-5H3;4-10H2,1-3H3;6-8H2,1-5H3;4-9H2,1-3H3;4-7H2,1-3H3;4-6H2,1-3H3. The predicted octanol–water partition coefficient (Wildman–Crippen LogP) is 6.81. The first-order valence-corrected chi connectivity index (χ1v) is 46.7. The van der Waals surface area contributed by atoms with Gasteiger partial charge in [-0.05, 0) is 190 Å². The molecular weight excluding hydrogens is 1320 g/mol. The molecule has 0 unspecified atom stereocenters. The van der Waals surface area contributed by atoms with Gasteiger partial charge in [-0.25, -0.2) is 0 Å². The highest BCUT2D eigenvalue weighted by Gasteiger charge is 2.43. The van der Waals surface area contributed by atoms with Crippen LogP contribution in [0, 0.1) is 0 Å². The van der Waals surface area contributed by atoms with Crippen molar-refractivity contribution in [3.8, 4) is 0 Å². The van der Waals surface area contributed by atoms with Crippen molar-refractivity contribution in [2.24, 2.45) is 22.9 Å². The molecule has 0 aliphatic heterocycles. The van der Waals surface area contributed by atoms with Crippen LogP contribution < -0.4 is 22.9 Å². The first kappa shape index (κ1) is 106. The lowest BCUT2D eigenvalue weighted by molar-refractivity contribution is 0.0689. The zero-order chi connectivity index (χ0) is 72.3. The second-order valence-corrected chi connectivity index (χ2v) is 40.2. The first-order chi connectivity index (χ1) is 43.8. The number of rotatable bonds is 54. The van der Waals surface area contributed by atoms with E-state index in [9.17, 15) is 0 Å². The molecular formula is C57H149N7O21Si7. The first-order valence-electron chi connectivity index (χ1n) is 33.2. The van der Waals surface area contributed by atoms with Crippen molar-refractivity contribution in [2.45, 2.75) is 151 Å². The molecule has 8 N–H and O–H groups in total. The Bertz CT molecular complexity index is 1360. The number of nitrogens with two attached hydrogens (primary N) is 4. The van der Waals surface area contributed by atoms with E-state index < -0.39 is 61.6 Å². The van der Waals surface area contributed by atoms with E-state index in [1.165, 1.54) is 0 Å². The minimum Gasteiger partial charge on any atom is -0.377 e. The van der Waals surface area contributed by atoms with Crippen molar-refractivity contribution in [2.75, 3.05) is 231 Å². The molecule has 0 atom stereocenters. The molecule has 0 bridgehead atoms. The summed E-state index contributed by atoms with van der Waals surface area (Å²) in [5, 5.41) is 0. The third-order valence-electron chi connectivity index (χ3n) is 12.5. The number of hydrogen-bond donors (Lipinski definition) is 4. The molecule has 0 saturated heterocycles. The van der Waals surface area contributed by atoms with Crippen LogP contribution in [0.15, 0.2) is 0 Å². The number of hydrogen-bond acceptors (Lipinski definition) is 28. The maximum Gasteiger partial charge on any atom is 0.502 e. The largest absolute Gasteiger partial charge is 0.502 e. The maximum absolute atomic E-state index is 5.77. The predicted molar refractivity (Wildman–Crippen MR) is 387 cm³/mol. The molecule has 0 aromatic rings. The summed E-state index contributed by atoms with van der Waals surface area (Å²) in [5.74, 6) is 0. The summed E-state index contributed by atoms with van der Waals surface area (Å²) in [5.41, 5.74) is 21.7. The van der Waals surface area contributed by atoms with Gasteiger partial charge in [-0.3, -0.25) is 0 Å². The van der Waals surface area contributed by atoms with E-state index in [1.807, 2.05) is 97.2 Å². The van der Waals surface area contributed by atoms with E-state index in [0.717, 1.165) is 75.5 Å². The molecule has 0 heterocycles. The maximum atomic E-state index is 5.77. The van der Waals surface area contributed by atoms with E-state index in [2.05, 4.69) is 42.9 Å². The highest BCUT2D eigenvalue weighted by Crippen LogP contribution is 2.21. The molecule has 0 amide bonds. The molecule has 0 aliphatic rings. The van der Waals surface area contributed by atoms with Gasteiger partial charge >= 0.3 is 61.6 Å². The Morgan fingerprint density at radius 1 is 0.207 bits per heavy atom. The quantitative estimate of drug-likeness (QED) is 0.0454. The monoisotopic (exact) mass is 1460 g/mol. The normalized spacial score (nSPS) is 12.2. The molecule has 0 aromatic carbocycles. The van der Waals surface area contributed by atoms with Crippen LogP contribution in [0.3, 0.4) is 0 Å². The Morgan fingerprint density at radius 3 is 0.543 bits per heavy atom. The van der Waals surface area contributed by atoms with Crippen molar-refractivity contribution in [1.82, 2.24) is 14.7 Å². The van der Waals surface area contributed by atoms with Gasteiger partial charge in [0, 0.05) is 192 Å². The second-order valence-electron chi connectivity index (χ2n) is 20.0. The van der Waals surface area contributed by atoms with Gasteiger partial charge in [0.25, 0.3) is 0 Å². The van der Waals surface area contributed by atoms with Crippen molar-refractivity contribution in [1.29, 1.82) is 0 Å². The lowest BCUT2D eigenvalue weighted by Crippen LogP contribution is -2.47. The number of nitrogens with zero attached hydrogens (tertiary/aromatic N) is 3. The molecule has 92 heavy (non-hydrogen) atoms. The summed E-state index contributed by atoms with van der Waals surface area (Å²) < 4.78 is 115. The molecule has 0 saturated carbocycles. The molecule has 0 rings (SSSR count). The van der Waals surface area contributed by atoms with Gasteiger partial charge in [-0.15, -0.1) is 0 Å². The van der Waals surface area contributed by atoms with Gasteiger partial charge in [0.1, 0.15) is 0 Å². The molecule has 35 heteroatoms. The third-order valence-corrected chi connectivity index (χ3v) is 33.3. The highest BCUT2D eigenvalue weighted by atomic mass is 28.4. The van der Waals surface area contributed by atoms with Crippen LogP contribution in [-0.4, -0.2) is 308 Å². The lowest BCUT2D eigenvalue weighted by Gasteiger charge is -2.29. The molecule has 0 radical (unpaired) electrons. The Balaban J connectivity index is -0.000000184. The zero-order valence-corrected chi connectivity index (χ0v) is 70.9. The molecule has 0 aromatic heterocycles. The molecule has 28 nitrogen and oxygen atoms in total. The zero-order valence-electron chi connectivity index (χ0n) is 63.9. The third kappa shape index (κ3) is 56.2. The van der Waals surface area contributed by atoms with Gasteiger partial charge in [-0.1, -0.05) is 0 Å². The summed E-state index contributed by atoms with van der Waals surface area (Å²) in [4.78, 5) is 6.43. The smallest absolute Gasteiger partial charge is 0.377 e. The van der Waals surface area contributed by atoms with Crippen LogP contribution in [0.25, 0.3) is 0 Å². The van der Waals surface area contributed by atoms with Gasteiger partial charge in [0.05, 0.1) is 0 Å². The molecule has 0 aliphatic carbocycles. The summed E-state index contributed by atoms with van der Waals surface area (Å²) in [7, 11) is 10.3. The average molecular weight is 1470 g/mol. The Kier molecular flexibility index (Phi) is 81.9. The minimum atomic E-state index is -2.42. The summed E-state index contributed by atoms with van der Waals surface area (Å²) in [6.07, 6.45) is 3.86. The van der Waals surface area contributed by atoms with Crippen LogP contribution >= 0.6 is 0 Å². The van der Waals surface area contributed by atoms with Crippen LogP contribution in [0.5, 0.6) is 0 Å². The summed E-state index contributed by atoms with van der Waals surface area (Å²) >= 11 is 0. The fourth-order valence-corrected chi connectivity index (χ4v) is 23.5. The Morgan fingerprint density at radius 2 is 0.370 bits per heavy atom. The van der Waals surface area contributed by atoms with Crippen LogP contribution in [-0.2, 0) is 92.9 Å². The average Bonchev–Trinajstić information content (AvgIpc) is 1.55. The van der Waals surface area contributed by atoms with E-state index in [4.69, 9.17) is 116 Å². The van der Waals surface area contributed by atoms with E-state index in [-0.39, 0.29) is 0 Å². The van der Waals surface area contributed by atoms with Crippen LogP contribution in [0.1, 0.15) is 109 Å². The van der Waals surface area contributed by atoms with Crippen LogP contribution in [0.4, 0.5) is 0 Å². The van der Waals surface area contributed by atoms with Gasteiger partial charge < -0.3 is 131 Å². The second kappa shape index (κ2) is 71.2. The Labute approximate surface area is 571 Å². The molecule has 0 spiro atoms. The van der Waals surface area contributed by atoms with Crippen molar-refractivity contribution in [3.63, 3.8) is 0 Å². The van der Waals surface area contributed by atoms with Crippen molar-refractivity contribution in [3.05, 3.63) is 0 Å². The van der Waals surface area contributed by atoms with E-state index in [1.54, 1.807) is 64.0 Å². The van der Waals surface area contributed by atoms with Crippen LogP contribution in [0.2, 0.25) is 42.3 Å². The van der Waals surface area contributed by atoms with Gasteiger partial charge in [-0.2, -0.15) is 0 Å². The van der Waals surface area contributed by atoms with Gasteiger partial charge in [0.2, 0.25) is 0 Å². The van der Waals surface area contributed by atoms with Crippen molar-refractivity contribution < 1.29 is 92.9 Å².